The number of nitrogens with one attached hydrogen (secondary N) is 1. The molecule has 1 aliphatic heterocycles. The van der Waals surface area contributed by atoms with Crippen molar-refractivity contribution in [1.29, 1.82) is 0 Å². The second-order valence-corrected chi connectivity index (χ2v) is 7.20. The van der Waals surface area contributed by atoms with Crippen LogP contribution in [0.3, 0.4) is 0 Å². The van der Waals surface area contributed by atoms with Gasteiger partial charge in [-0.15, -0.1) is 0 Å². The summed E-state index contributed by atoms with van der Waals surface area (Å²) in [4.78, 5) is 15.3. The van der Waals surface area contributed by atoms with Crippen molar-refractivity contribution < 1.29 is 9.53 Å². The van der Waals surface area contributed by atoms with Crippen LogP contribution in [0.25, 0.3) is 0 Å². The van der Waals surface area contributed by atoms with E-state index in [0.29, 0.717) is 0 Å². The van der Waals surface area contributed by atoms with Crippen molar-refractivity contribution in [1.82, 2.24) is 4.90 Å². The van der Waals surface area contributed by atoms with Crippen LogP contribution in [-0.4, -0.2) is 37.1 Å². The summed E-state index contributed by atoms with van der Waals surface area (Å²) in [6.45, 7) is 5.62. The summed E-state index contributed by atoms with van der Waals surface area (Å²) in [5, 5.41) is 3.13. The Morgan fingerprint density at radius 1 is 1.23 bits per heavy atom. The van der Waals surface area contributed by atoms with Gasteiger partial charge in [0.1, 0.15) is 6.04 Å². The average molecular weight is 352 g/mol. The van der Waals surface area contributed by atoms with Crippen LogP contribution in [0.5, 0.6) is 0 Å². The predicted octanol–water partition coefficient (Wildman–Crippen LogP) is 4.09. The molecule has 1 N–H and O–H groups in total. The largest absolute Gasteiger partial charge is 0.377 e. The van der Waals surface area contributed by atoms with Gasteiger partial charge in [0.05, 0.1) is 6.10 Å². The van der Waals surface area contributed by atoms with Crippen molar-refractivity contribution in [3.05, 3.63) is 65.2 Å². The fourth-order valence-corrected chi connectivity index (χ4v) is 3.53. The first-order chi connectivity index (χ1) is 12.5. The number of hydrogen-bond acceptors (Lipinski definition) is 3. The van der Waals surface area contributed by atoms with Crippen LogP contribution in [0, 0.1) is 13.8 Å². The molecule has 1 aliphatic rings. The smallest absolute Gasteiger partial charge is 0.246 e. The van der Waals surface area contributed by atoms with E-state index >= 15 is 0 Å². The summed E-state index contributed by atoms with van der Waals surface area (Å²) in [5.74, 6) is -0.00889. The maximum Gasteiger partial charge on any atom is 0.246 e. The minimum absolute atomic E-state index is 0.00889. The number of aryl methyl sites for hydroxylation is 2. The Kier molecular flexibility index (Phi) is 6.07. The minimum Gasteiger partial charge on any atom is -0.377 e. The molecule has 1 saturated heterocycles. The molecule has 138 valence electrons. The molecule has 0 radical (unpaired) electrons. The van der Waals surface area contributed by atoms with Crippen LogP contribution < -0.4 is 5.32 Å². The molecule has 2 atom stereocenters. The van der Waals surface area contributed by atoms with E-state index < -0.39 is 0 Å². The van der Waals surface area contributed by atoms with Gasteiger partial charge in [0.25, 0.3) is 0 Å². The molecule has 3 rings (SSSR count). The Morgan fingerprint density at radius 3 is 2.69 bits per heavy atom. The molecule has 0 spiro atoms. The van der Waals surface area contributed by atoms with Crippen LogP contribution in [0.15, 0.2) is 48.5 Å². The normalized spacial score (nSPS) is 18.1. The highest BCUT2D eigenvalue weighted by Gasteiger charge is 2.28. The van der Waals surface area contributed by atoms with Gasteiger partial charge in [-0.25, -0.2) is 0 Å². The van der Waals surface area contributed by atoms with Crippen molar-refractivity contribution in [2.75, 3.05) is 25.5 Å². The number of amides is 1. The van der Waals surface area contributed by atoms with Crippen LogP contribution in [0.2, 0.25) is 0 Å². The fourth-order valence-electron chi connectivity index (χ4n) is 3.53. The summed E-state index contributed by atoms with van der Waals surface area (Å²) in [7, 11) is 2.00. The monoisotopic (exact) mass is 352 g/mol. The zero-order chi connectivity index (χ0) is 18.5. The first kappa shape index (κ1) is 18.6. The third-order valence-electron chi connectivity index (χ3n) is 4.97. The molecule has 4 nitrogen and oxygen atoms in total. The first-order valence-electron chi connectivity index (χ1n) is 9.29. The molecule has 1 heterocycles. The third-order valence-corrected chi connectivity index (χ3v) is 4.97. The van der Waals surface area contributed by atoms with E-state index in [2.05, 4.69) is 16.3 Å². The molecule has 2 aromatic carbocycles. The molecule has 4 heteroatoms. The number of likely N-dealkylation sites (N-methyl/N-ethyl adjacent to an activating group) is 1. The quantitative estimate of drug-likeness (QED) is 0.851. The summed E-state index contributed by atoms with van der Waals surface area (Å²) in [6.07, 6.45) is 2.37. The van der Waals surface area contributed by atoms with Crippen LogP contribution >= 0.6 is 0 Å². The lowest BCUT2D eigenvalue weighted by Crippen LogP contribution is -2.39. The van der Waals surface area contributed by atoms with Gasteiger partial charge in [-0.3, -0.25) is 9.69 Å². The molecule has 26 heavy (non-hydrogen) atoms. The lowest BCUT2D eigenvalue weighted by atomic mass is 10.0. The van der Waals surface area contributed by atoms with Crippen molar-refractivity contribution in [3.8, 4) is 0 Å². The molecular weight excluding hydrogens is 324 g/mol. The van der Waals surface area contributed by atoms with E-state index in [-0.39, 0.29) is 18.1 Å². The summed E-state index contributed by atoms with van der Waals surface area (Å²) in [5.41, 5.74) is 4.07. The highest BCUT2D eigenvalue weighted by Crippen LogP contribution is 2.25. The van der Waals surface area contributed by atoms with Gasteiger partial charge in [-0.1, -0.05) is 42.5 Å². The van der Waals surface area contributed by atoms with Gasteiger partial charge in [-0.2, -0.15) is 0 Å². The maximum atomic E-state index is 13.2. The van der Waals surface area contributed by atoms with Crippen molar-refractivity contribution >= 4 is 11.6 Å². The molecule has 1 fully saturated rings. The SMILES string of the molecule is Cc1ccc(C)c(NC(=O)C(c2ccccc2)N(C)CC2CCCO2)c1. The predicted molar refractivity (Wildman–Crippen MR) is 105 cm³/mol. The van der Waals surface area contributed by atoms with Gasteiger partial charge in [0, 0.05) is 18.8 Å². The molecule has 1 amide bonds. The highest BCUT2D eigenvalue weighted by atomic mass is 16.5. The fraction of sp³-hybridized carbons (Fsp3) is 0.409. The number of carbonyl (C=O) groups is 1. The van der Waals surface area contributed by atoms with E-state index in [9.17, 15) is 4.79 Å². The lowest BCUT2D eigenvalue weighted by Gasteiger charge is -2.29. The van der Waals surface area contributed by atoms with E-state index in [4.69, 9.17) is 4.74 Å². The van der Waals surface area contributed by atoms with Gasteiger partial charge < -0.3 is 10.1 Å². The zero-order valence-electron chi connectivity index (χ0n) is 15.9. The second-order valence-electron chi connectivity index (χ2n) is 7.20. The van der Waals surface area contributed by atoms with Crippen molar-refractivity contribution in [2.24, 2.45) is 0 Å². The second kappa shape index (κ2) is 8.47. The van der Waals surface area contributed by atoms with Crippen LogP contribution in [0.4, 0.5) is 5.69 Å². The standard InChI is InChI=1S/C22H28N2O2/c1-16-11-12-17(2)20(14-16)23-22(25)21(18-8-5-4-6-9-18)24(3)15-19-10-7-13-26-19/h4-6,8-9,11-12,14,19,21H,7,10,13,15H2,1-3H3,(H,23,25). The number of benzene rings is 2. The van der Waals surface area contributed by atoms with Crippen molar-refractivity contribution in [3.63, 3.8) is 0 Å². The number of hydrogen-bond donors (Lipinski definition) is 1. The molecule has 0 bridgehead atoms. The summed E-state index contributed by atoms with van der Waals surface area (Å²) in [6, 6.07) is 15.7. The van der Waals surface area contributed by atoms with Crippen LogP contribution in [-0.2, 0) is 9.53 Å². The molecule has 0 aliphatic carbocycles. The number of carbonyl (C=O) groups excluding carboxylic acids is 1. The maximum absolute atomic E-state index is 13.2. The highest BCUT2D eigenvalue weighted by molar-refractivity contribution is 5.96. The van der Waals surface area contributed by atoms with E-state index in [1.54, 1.807) is 0 Å². The molecule has 0 saturated carbocycles. The van der Waals surface area contributed by atoms with Gasteiger partial charge in [0.2, 0.25) is 5.91 Å². The summed E-state index contributed by atoms with van der Waals surface area (Å²) < 4.78 is 5.77. The Balaban J connectivity index is 1.82. The zero-order valence-corrected chi connectivity index (χ0v) is 15.9. The number of anilines is 1. The Hall–Kier alpha value is -2.17. The van der Waals surface area contributed by atoms with Crippen LogP contribution in [0.1, 0.15) is 35.6 Å². The Bertz CT molecular complexity index is 739. The van der Waals surface area contributed by atoms with E-state index in [1.807, 2.05) is 63.4 Å². The van der Waals surface area contributed by atoms with Gasteiger partial charge in [-0.05, 0) is 56.5 Å². The first-order valence-corrected chi connectivity index (χ1v) is 9.29. The molecular formula is C22H28N2O2. The Morgan fingerprint density at radius 2 is 2.00 bits per heavy atom. The van der Waals surface area contributed by atoms with Crippen molar-refractivity contribution in [2.45, 2.75) is 38.8 Å². The lowest BCUT2D eigenvalue weighted by molar-refractivity contribution is -0.121. The van der Waals surface area contributed by atoms with Gasteiger partial charge in [0.15, 0.2) is 0 Å². The number of ether oxygens (including phenoxy) is 1. The van der Waals surface area contributed by atoms with E-state index in [0.717, 1.165) is 48.4 Å². The Labute approximate surface area is 156 Å². The topological polar surface area (TPSA) is 41.6 Å². The average Bonchev–Trinajstić information content (AvgIpc) is 3.12. The third kappa shape index (κ3) is 4.51. The minimum atomic E-state index is -0.347. The molecule has 2 aromatic rings. The molecule has 0 aromatic heterocycles. The molecule has 2 unspecified atom stereocenters. The van der Waals surface area contributed by atoms with E-state index in [1.165, 1.54) is 0 Å². The number of rotatable bonds is 6. The summed E-state index contributed by atoms with van der Waals surface area (Å²) >= 11 is 0. The van der Waals surface area contributed by atoms with Gasteiger partial charge >= 0.3 is 0 Å². The number of nitrogens with zero attached hydrogens (tertiary/aromatic N) is 1.